The van der Waals surface area contributed by atoms with Crippen molar-refractivity contribution in [3.8, 4) is 11.5 Å². The molecule has 0 saturated carbocycles. The van der Waals surface area contributed by atoms with E-state index in [1.165, 1.54) is 0 Å². The number of nitrogens with two attached hydrogens (primary N) is 1. The first-order valence-electron chi connectivity index (χ1n) is 11.4. The van der Waals surface area contributed by atoms with Gasteiger partial charge in [0.15, 0.2) is 17.3 Å². The number of hydrogen-bond donors (Lipinski definition) is 2. The Labute approximate surface area is 188 Å². The number of hydrogen-bond acceptors (Lipinski definition) is 7. The van der Waals surface area contributed by atoms with E-state index in [0.717, 1.165) is 36.1 Å². The second-order valence-corrected chi connectivity index (χ2v) is 8.20. The summed E-state index contributed by atoms with van der Waals surface area (Å²) >= 11 is 0. The van der Waals surface area contributed by atoms with Gasteiger partial charge in [-0.1, -0.05) is 20.3 Å². The van der Waals surface area contributed by atoms with E-state index in [9.17, 15) is 4.79 Å². The first-order chi connectivity index (χ1) is 15.4. The molecule has 9 nitrogen and oxygen atoms in total. The summed E-state index contributed by atoms with van der Waals surface area (Å²) in [6.07, 6.45) is 2.58. The molecule has 3 rings (SSSR count). The minimum atomic E-state index is -0.221. The van der Waals surface area contributed by atoms with Crippen molar-refractivity contribution in [2.24, 2.45) is 17.6 Å². The number of amides is 1. The van der Waals surface area contributed by atoms with E-state index in [4.69, 9.17) is 20.2 Å². The zero-order valence-electron chi connectivity index (χ0n) is 19.6. The highest BCUT2D eigenvalue weighted by Gasteiger charge is 2.19. The van der Waals surface area contributed by atoms with Crippen molar-refractivity contribution >= 4 is 28.4 Å². The Bertz CT molecular complexity index is 1080. The van der Waals surface area contributed by atoms with Crippen molar-refractivity contribution in [1.82, 2.24) is 19.6 Å². The molecule has 9 heteroatoms. The minimum Gasteiger partial charge on any atom is -0.490 e. The van der Waals surface area contributed by atoms with Crippen molar-refractivity contribution in [3.63, 3.8) is 0 Å². The average Bonchev–Trinajstić information content (AvgIpc) is 3.13. The molecule has 1 amide bonds. The molecule has 0 aliphatic carbocycles. The first-order valence-corrected chi connectivity index (χ1v) is 11.4. The lowest BCUT2D eigenvalue weighted by atomic mass is 9.90. The second-order valence-electron chi connectivity index (χ2n) is 8.20. The molecule has 3 aromatic rings. The number of nitrogens with zero attached hydrogens (tertiary/aromatic N) is 4. The van der Waals surface area contributed by atoms with Crippen LogP contribution in [0, 0.1) is 18.8 Å². The van der Waals surface area contributed by atoms with Crippen LogP contribution in [-0.2, 0) is 4.79 Å². The molecule has 1 aromatic carbocycles. The fraction of sp³-hybridized carbons (Fsp3) is 0.565. The number of ether oxygens (including phenoxy) is 2. The van der Waals surface area contributed by atoms with E-state index < -0.39 is 0 Å². The fourth-order valence-corrected chi connectivity index (χ4v) is 3.94. The summed E-state index contributed by atoms with van der Waals surface area (Å²) < 4.78 is 13.5. The van der Waals surface area contributed by atoms with E-state index in [2.05, 4.69) is 15.5 Å². The summed E-state index contributed by atoms with van der Waals surface area (Å²) in [5.74, 6) is 2.72. The predicted molar refractivity (Wildman–Crippen MR) is 125 cm³/mol. The van der Waals surface area contributed by atoms with Crippen LogP contribution < -0.4 is 20.5 Å². The molecule has 2 aromatic heterocycles. The molecule has 0 fully saturated rings. The van der Waals surface area contributed by atoms with Gasteiger partial charge < -0.3 is 20.5 Å². The molecule has 174 valence electrons. The third-order valence-corrected chi connectivity index (χ3v) is 5.55. The number of aryl methyl sites for hydroxylation is 1. The monoisotopic (exact) mass is 442 g/mol. The highest BCUT2D eigenvalue weighted by atomic mass is 16.5. The van der Waals surface area contributed by atoms with Crippen LogP contribution in [0.1, 0.15) is 52.8 Å². The topological polar surface area (TPSA) is 117 Å². The molecular formula is C23H34N6O3. The van der Waals surface area contributed by atoms with Crippen molar-refractivity contribution in [3.05, 3.63) is 18.0 Å². The van der Waals surface area contributed by atoms with Crippen LogP contribution in [0.5, 0.6) is 11.5 Å². The average molecular weight is 443 g/mol. The van der Waals surface area contributed by atoms with E-state index >= 15 is 0 Å². The van der Waals surface area contributed by atoms with Crippen LogP contribution in [0.2, 0.25) is 0 Å². The second kappa shape index (κ2) is 10.5. The van der Waals surface area contributed by atoms with Gasteiger partial charge in [-0.25, -0.2) is 4.98 Å². The minimum absolute atomic E-state index is 0.0869. The molecule has 32 heavy (non-hydrogen) atoms. The van der Waals surface area contributed by atoms with Gasteiger partial charge in [0.2, 0.25) is 11.6 Å². The van der Waals surface area contributed by atoms with Gasteiger partial charge in [-0.05, 0) is 39.5 Å². The Morgan fingerprint density at radius 2 is 1.81 bits per heavy atom. The first kappa shape index (κ1) is 23.6. The maximum absolute atomic E-state index is 11.6. The Hall–Kier alpha value is -3.10. The smallest absolute Gasteiger partial charge is 0.220 e. The highest BCUT2D eigenvalue weighted by Crippen LogP contribution is 2.34. The Kier molecular flexibility index (Phi) is 7.71. The van der Waals surface area contributed by atoms with Crippen LogP contribution in [0.15, 0.2) is 12.1 Å². The standard InChI is InChI=1S/C23H34N6O3/c1-6-31-19-12-17-18(13-20(19)32-7-2)29-15(5)27-28-23(29)22(26-17)25-11-9-8-10-16(14(3)4)21(24)30/h12-14,16H,6-11H2,1-5H3,(H2,24,30)(H,25,26). The summed E-state index contributed by atoms with van der Waals surface area (Å²) in [5, 5.41) is 12.0. The molecule has 0 radical (unpaired) electrons. The van der Waals surface area contributed by atoms with Gasteiger partial charge in [0.05, 0.1) is 24.2 Å². The molecule has 0 bridgehead atoms. The molecule has 2 heterocycles. The maximum atomic E-state index is 11.6. The Morgan fingerprint density at radius 1 is 1.12 bits per heavy atom. The van der Waals surface area contributed by atoms with Crippen LogP contribution in [-0.4, -0.2) is 45.2 Å². The lowest BCUT2D eigenvalue weighted by Crippen LogP contribution is -2.27. The summed E-state index contributed by atoms with van der Waals surface area (Å²) in [6, 6.07) is 3.83. The fourth-order valence-electron chi connectivity index (χ4n) is 3.94. The third kappa shape index (κ3) is 5.03. The molecule has 0 saturated heterocycles. The van der Waals surface area contributed by atoms with Gasteiger partial charge in [0, 0.05) is 24.6 Å². The predicted octanol–water partition coefficient (Wildman–Crippen LogP) is 3.72. The molecular weight excluding hydrogens is 408 g/mol. The number of anilines is 1. The van der Waals surface area contributed by atoms with Crippen LogP contribution in [0.25, 0.3) is 16.7 Å². The number of aromatic nitrogens is 4. The summed E-state index contributed by atoms with van der Waals surface area (Å²) in [6.45, 7) is 11.6. The number of carbonyl (C=O) groups excluding carboxylic acids is 1. The molecule has 1 atom stereocenters. The van der Waals surface area contributed by atoms with Gasteiger partial charge in [-0.3, -0.25) is 9.20 Å². The van der Waals surface area contributed by atoms with Crippen molar-refractivity contribution < 1.29 is 14.3 Å². The largest absolute Gasteiger partial charge is 0.490 e. The lowest BCUT2D eigenvalue weighted by molar-refractivity contribution is -0.123. The molecule has 0 spiro atoms. The zero-order chi connectivity index (χ0) is 23.3. The van der Waals surface area contributed by atoms with E-state index in [-0.39, 0.29) is 17.7 Å². The third-order valence-electron chi connectivity index (χ3n) is 5.55. The normalized spacial score (nSPS) is 12.4. The van der Waals surface area contributed by atoms with E-state index in [1.807, 2.05) is 51.2 Å². The molecule has 0 aliphatic heterocycles. The van der Waals surface area contributed by atoms with E-state index in [0.29, 0.717) is 42.7 Å². The number of nitrogens with one attached hydrogen (secondary N) is 1. The summed E-state index contributed by atoms with van der Waals surface area (Å²) in [4.78, 5) is 16.4. The SMILES string of the molecule is CCOc1cc2nc(NCCCCC(C(N)=O)C(C)C)c3nnc(C)n3c2cc1OCC. The van der Waals surface area contributed by atoms with Crippen LogP contribution >= 0.6 is 0 Å². The Morgan fingerprint density at radius 3 is 2.44 bits per heavy atom. The van der Waals surface area contributed by atoms with Gasteiger partial charge >= 0.3 is 0 Å². The van der Waals surface area contributed by atoms with Gasteiger partial charge in [-0.15, -0.1) is 10.2 Å². The molecule has 3 N–H and O–H groups in total. The number of fused-ring (bicyclic) bond motifs is 3. The quantitative estimate of drug-likeness (QED) is 0.411. The maximum Gasteiger partial charge on any atom is 0.220 e. The number of rotatable bonds is 12. The Balaban J connectivity index is 1.84. The van der Waals surface area contributed by atoms with Gasteiger partial charge in [0.25, 0.3) is 0 Å². The van der Waals surface area contributed by atoms with Crippen LogP contribution in [0.3, 0.4) is 0 Å². The summed E-state index contributed by atoms with van der Waals surface area (Å²) in [7, 11) is 0. The van der Waals surface area contributed by atoms with E-state index in [1.54, 1.807) is 0 Å². The van der Waals surface area contributed by atoms with Gasteiger partial charge in [0.1, 0.15) is 5.82 Å². The van der Waals surface area contributed by atoms with Crippen LogP contribution in [0.4, 0.5) is 5.82 Å². The van der Waals surface area contributed by atoms with Crippen molar-refractivity contribution in [1.29, 1.82) is 0 Å². The van der Waals surface area contributed by atoms with Gasteiger partial charge in [-0.2, -0.15) is 0 Å². The van der Waals surface area contributed by atoms with Crippen molar-refractivity contribution in [2.45, 2.75) is 53.9 Å². The highest BCUT2D eigenvalue weighted by molar-refractivity contribution is 5.86. The summed E-state index contributed by atoms with van der Waals surface area (Å²) in [5.41, 5.74) is 7.82. The number of primary amides is 1. The molecule has 0 aliphatic rings. The van der Waals surface area contributed by atoms with Crippen molar-refractivity contribution in [2.75, 3.05) is 25.1 Å². The number of benzene rings is 1. The number of carbonyl (C=O) groups is 1. The number of unbranched alkanes of at least 4 members (excludes halogenated alkanes) is 1. The lowest BCUT2D eigenvalue weighted by Gasteiger charge is -2.17. The molecule has 1 unspecified atom stereocenters. The zero-order valence-corrected chi connectivity index (χ0v) is 19.6.